The Morgan fingerprint density at radius 2 is 2.06 bits per heavy atom. The third-order valence-corrected chi connectivity index (χ3v) is 2.89. The molecule has 1 aromatic carbocycles. The summed E-state index contributed by atoms with van der Waals surface area (Å²) in [7, 11) is 1.83. The molecule has 2 aromatic heterocycles. The Bertz CT molecular complexity index is 734. The molecule has 3 aromatic rings. The van der Waals surface area contributed by atoms with Crippen LogP contribution in [-0.2, 0) is 7.05 Å². The van der Waals surface area contributed by atoms with Crippen molar-refractivity contribution in [3.63, 3.8) is 0 Å². The zero-order valence-electron chi connectivity index (χ0n) is 9.64. The van der Waals surface area contributed by atoms with Gasteiger partial charge in [0.15, 0.2) is 11.6 Å². The van der Waals surface area contributed by atoms with Crippen LogP contribution in [0.15, 0.2) is 42.9 Å². The third kappa shape index (κ3) is 1.55. The van der Waals surface area contributed by atoms with Gasteiger partial charge in [-0.3, -0.25) is 0 Å². The van der Waals surface area contributed by atoms with Crippen LogP contribution in [0.5, 0.6) is 0 Å². The fraction of sp³-hybridized carbons (Fsp3) is 0.0769. The maximum absolute atomic E-state index is 13.2. The number of rotatable bonds is 1. The number of aromatic nitrogens is 3. The molecular formula is C13H10F2N3+. The molecule has 2 heterocycles. The summed E-state index contributed by atoms with van der Waals surface area (Å²) in [6.45, 7) is 0. The molecule has 0 aliphatic rings. The lowest BCUT2D eigenvalue weighted by Gasteiger charge is -1.99. The lowest BCUT2D eigenvalue weighted by molar-refractivity contribution is -0.513. The van der Waals surface area contributed by atoms with E-state index < -0.39 is 11.6 Å². The van der Waals surface area contributed by atoms with Crippen LogP contribution >= 0.6 is 0 Å². The van der Waals surface area contributed by atoms with Gasteiger partial charge in [-0.25, -0.2) is 17.7 Å². The largest absolute Gasteiger partial charge is 0.403 e. The average molecular weight is 246 g/mol. The predicted molar refractivity (Wildman–Crippen MR) is 61.7 cm³/mol. The molecule has 0 aliphatic heterocycles. The molecule has 0 unspecified atom stereocenters. The lowest BCUT2D eigenvalue weighted by Crippen LogP contribution is -2.19. The number of imidazole rings is 1. The Morgan fingerprint density at radius 3 is 2.78 bits per heavy atom. The van der Waals surface area contributed by atoms with E-state index in [0.29, 0.717) is 5.56 Å². The van der Waals surface area contributed by atoms with Crippen molar-refractivity contribution in [2.45, 2.75) is 0 Å². The molecule has 0 radical (unpaired) electrons. The summed E-state index contributed by atoms with van der Waals surface area (Å²) in [5.41, 5.74) is 1.38. The Kier molecular flexibility index (Phi) is 2.33. The van der Waals surface area contributed by atoms with E-state index in [1.807, 2.05) is 34.5 Å². The summed E-state index contributed by atoms with van der Waals surface area (Å²) in [5.74, 6) is -0.962. The predicted octanol–water partition coefficient (Wildman–Crippen LogP) is 2.10. The van der Waals surface area contributed by atoms with Gasteiger partial charge in [-0.2, -0.15) is 0 Å². The van der Waals surface area contributed by atoms with Crippen molar-refractivity contribution in [1.29, 1.82) is 0 Å². The molecule has 0 saturated carbocycles. The standard InChI is InChI=1S/C13H10F2N3/c1-17-12(8-18-6-2-5-16-13(17)18)9-3-4-10(14)11(15)7-9/h2-8H,1H3/q+1. The van der Waals surface area contributed by atoms with E-state index >= 15 is 0 Å². The molecule has 0 aliphatic carbocycles. The van der Waals surface area contributed by atoms with Crippen LogP contribution in [0.1, 0.15) is 0 Å². The van der Waals surface area contributed by atoms with Crippen molar-refractivity contribution in [3.8, 4) is 11.3 Å². The zero-order chi connectivity index (χ0) is 12.7. The Hall–Kier alpha value is -2.30. The first kappa shape index (κ1) is 10.8. The maximum Gasteiger partial charge on any atom is 0.403 e. The van der Waals surface area contributed by atoms with Crippen LogP contribution < -0.4 is 4.40 Å². The smallest absolute Gasteiger partial charge is 0.227 e. The van der Waals surface area contributed by atoms with Gasteiger partial charge in [0.2, 0.25) is 0 Å². The first-order valence-corrected chi connectivity index (χ1v) is 5.44. The minimum atomic E-state index is -0.851. The highest BCUT2D eigenvalue weighted by Crippen LogP contribution is 2.21. The number of nitrogens with zero attached hydrogens (tertiary/aromatic N) is 3. The van der Waals surface area contributed by atoms with E-state index in [4.69, 9.17) is 0 Å². The van der Waals surface area contributed by atoms with Gasteiger partial charge in [0.25, 0.3) is 0 Å². The van der Waals surface area contributed by atoms with Crippen LogP contribution in [-0.4, -0.2) is 9.55 Å². The van der Waals surface area contributed by atoms with Crippen molar-refractivity contribution in [2.24, 2.45) is 7.05 Å². The van der Waals surface area contributed by atoms with Gasteiger partial charge in [0.1, 0.15) is 18.1 Å². The maximum atomic E-state index is 13.2. The minimum absolute atomic E-state index is 0.613. The normalized spacial score (nSPS) is 11.1. The first-order chi connectivity index (χ1) is 8.66. The molecule has 5 heteroatoms. The van der Waals surface area contributed by atoms with Crippen LogP contribution in [0.25, 0.3) is 17.0 Å². The Balaban J connectivity index is 2.25. The van der Waals surface area contributed by atoms with Gasteiger partial charge in [-0.15, -0.1) is 0 Å². The highest BCUT2D eigenvalue weighted by Gasteiger charge is 2.16. The number of aryl methyl sites for hydroxylation is 1. The summed E-state index contributed by atoms with van der Waals surface area (Å²) in [5, 5.41) is 0. The molecule has 0 bridgehead atoms. The van der Waals surface area contributed by atoms with E-state index in [9.17, 15) is 8.78 Å². The van der Waals surface area contributed by atoms with Crippen molar-refractivity contribution < 1.29 is 13.2 Å². The molecule has 0 amide bonds. The molecule has 90 valence electrons. The summed E-state index contributed by atoms with van der Waals surface area (Å²) < 4.78 is 29.8. The van der Waals surface area contributed by atoms with Crippen molar-refractivity contribution in [3.05, 3.63) is 54.5 Å². The molecule has 18 heavy (non-hydrogen) atoms. The van der Waals surface area contributed by atoms with E-state index in [0.717, 1.165) is 17.5 Å². The second-order valence-corrected chi connectivity index (χ2v) is 4.03. The van der Waals surface area contributed by atoms with Crippen LogP contribution in [0.2, 0.25) is 0 Å². The molecule has 3 nitrogen and oxygen atoms in total. The highest BCUT2D eigenvalue weighted by molar-refractivity contribution is 5.60. The summed E-state index contributed by atoms with van der Waals surface area (Å²) in [6.07, 6.45) is 5.37. The number of fused-ring (bicyclic) bond motifs is 1. The number of hydrogen-bond acceptors (Lipinski definition) is 1. The van der Waals surface area contributed by atoms with E-state index in [1.54, 1.807) is 12.3 Å². The zero-order valence-corrected chi connectivity index (χ0v) is 9.64. The summed E-state index contributed by atoms with van der Waals surface area (Å²) in [6, 6.07) is 5.67. The quantitative estimate of drug-likeness (QED) is 0.603. The van der Waals surface area contributed by atoms with E-state index in [1.165, 1.54) is 6.07 Å². The van der Waals surface area contributed by atoms with Gasteiger partial charge >= 0.3 is 5.78 Å². The molecular weight excluding hydrogens is 236 g/mol. The average Bonchev–Trinajstić information content (AvgIpc) is 2.71. The molecule has 0 N–H and O–H groups in total. The van der Waals surface area contributed by atoms with Crippen molar-refractivity contribution >= 4 is 5.78 Å². The third-order valence-electron chi connectivity index (χ3n) is 2.89. The first-order valence-electron chi connectivity index (χ1n) is 5.44. The van der Waals surface area contributed by atoms with Crippen LogP contribution in [0, 0.1) is 11.6 Å². The van der Waals surface area contributed by atoms with Gasteiger partial charge in [-0.05, 0) is 18.2 Å². The Morgan fingerprint density at radius 1 is 1.22 bits per heavy atom. The molecule has 3 rings (SSSR count). The number of halogens is 2. The SMILES string of the molecule is Cn1c(-c2ccc(F)c(F)c2)c[n+]2cccnc12. The van der Waals surface area contributed by atoms with Crippen LogP contribution in [0.4, 0.5) is 8.78 Å². The fourth-order valence-corrected chi connectivity index (χ4v) is 1.98. The van der Waals surface area contributed by atoms with E-state index in [-0.39, 0.29) is 0 Å². The van der Waals surface area contributed by atoms with Crippen molar-refractivity contribution in [2.75, 3.05) is 0 Å². The molecule has 0 spiro atoms. The Labute approximate surface area is 102 Å². The number of hydrogen-bond donors (Lipinski definition) is 0. The van der Waals surface area contributed by atoms with Crippen molar-refractivity contribution in [1.82, 2.24) is 9.55 Å². The van der Waals surface area contributed by atoms with Gasteiger partial charge in [0.05, 0.1) is 13.2 Å². The summed E-state index contributed by atoms with van der Waals surface area (Å²) in [4.78, 5) is 4.22. The molecule has 0 fully saturated rings. The van der Waals surface area contributed by atoms with Crippen LogP contribution in [0.3, 0.4) is 0 Å². The molecule has 0 saturated heterocycles. The van der Waals surface area contributed by atoms with Gasteiger partial charge < -0.3 is 0 Å². The van der Waals surface area contributed by atoms with Gasteiger partial charge in [-0.1, -0.05) is 4.98 Å². The second-order valence-electron chi connectivity index (χ2n) is 4.03. The van der Waals surface area contributed by atoms with E-state index in [2.05, 4.69) is 4.98 Å². The molecule has 0 atom stereocenters. The minimum Gasteiger partial charge on any atom is -0.227 e. The monoisotopic (exact) mass is 246 g/mol. The fourth-order valence-electron chi connectivity index (χ4n) is 1.98. The topological polar surface area (TPSA) is 21.9 Å². The summed E-state index contributed by atoms with van der Waals surface area (Å²) >= 11 is 0. The van der Waals surface area contributed by atoms with Gasteiger partial charge in [0, 0.05) is 11.6 Å². The lowest BCUT2D eigenvalue weighted by atomic mass is 10.1. The highest BCUT2D eigenvalue weighted by atomic mass is 19.2. The number of benzene rings is 1. The second kappa shape index (κ2) is 3.87.